The molecule has 0 spiro atoms. The van der Waals surface area contributed by atoms with Gasteiger partial charge in [-0.05, 0) is 75.3 Å². The van der Waals surface area contributed by atoms with Crippen molar-refractivity contribution >= 4 is 21.5 Å². The van der Waals surface area contributed by atoms with Crippen LogP contribution in [0.25, 0.3) is 0 Å². The van der Waals surface area contributed by atoms with Gasteiger partial charge in [0.05, 0.1) is 33.7 Å². The lowest BCUT2D eigenvalue weighted by Crippen LogP contribution is -2.25. The number of rotatable bonds is 5. The Hall–Kier alpha value is -2.85. The fraction of sp³-hybridized carbons (Fsp3) is 0.500. The quantitative estimate of drug-likeness (QED) is 0.477. The predicted octanol–water partition coefficient (Wildman–Crippen LogP) is 5.31. The molecule has 10 heteroatoms. The van der Waals surface area contributed by atoms with Crippen LogP contribution < -0.4 is 10.5 Å². The van der Waals surface area contributed by atoms with Gasteiger partial charge in [-0.25, -0.2) is 22.6 Å². The number of halogens is 1. The van der Waals surface area contributed by atoms with Crippen LogP contribution in [0, 0.1) is 5.82 Å². The molecule has 1 fully saturated rings. The maximum atomic E-state index is 14.7. The third kappa shape index (κ3) is 5.59. The Morgan fingerprint density at radius 3 is 2.28 bits per heavy atom. The SMILES string of the molecule is CC(C)(C)c1cnnc(C2CCC(c3cc(Nc4ccc(S(N)(=O)=O)cc4F)n(C(C)(C)C)n3)C2)c1. The van der Waals surface area contributed by atoms with Gasteiger partial charge < -0.3 is 5.32 Å². The second-order valence-corrected chi connectivity index (χ2v) is 13.2. The summed E-state index contributed by atoms with van der Waals surface area (Å²) in [6.07, 6.45) is 4.74. The van der Waals surface area contributed by atoms with Gasteiger partial charge in [0.2, 0.25) is 10.0 Å². The van der Waals surface area contributed by atoms with Crippen LogP contribution in [0.5, 0.6) is 0 Å². The average molecular weight is 515 g/mol. The van der Waals surface area contributed by atoms with Crippen LogP contribution in [-0.4, -0.2) is 28.4 Å². The van der Waals surface area contributed by atoms with Crippen LogP contribution in [0.2, 0.25) is 0 Å². The van der Waals surface area contributed by atoms with E-state index in [2.05, 4.69) is 42.4 Å². The van der Waals surface area contributed by atoms with Crippen LogP contribution in [0.3, 0.4) is 0 Å². The van der Waals surface area contributed by atoms with Gasteiger partial charge in [0.25, 0.3) is 0 Å². The highest BCUT2D eigenvalue weighted by molar-refractivity contribution is 7.89. The summed E-state index contributed by atoms with van der Waals surface area (Å²) in [4.78, 5) is -0.272. The Labute approximate surface area is 212 Å². The second-order valence-electron chi connectivity index (χ2n) is 11.7. The summed E-state index contributed by atoms with van der Waals surface area (Å²) in [5.74, 6) is 0.485. The highest BCUT2D eigenvalue weighted by Gasteiger charge is 2.32. The van der Waals surface area contributed by atoms with Crippen LogP contribution in [-0.2, 0) is 21.0 Å². The molecule has 3 aromatic rings. The van der Waals surface area contributed by atoms with Crippen molar-refractivity contribution in [3.63, 3.8) is 0 Å². The zero-order chi connectivity index (χ0) is 26.5. The highest BCUT2D eigenvalue weighted by atomic mass is 32.2. The molecule has 0 aliphatic heterocycles. The first-order valence-electron chi connectivity index (χ1n) is 12.2. The fourth-order valence-electron chi connectivity index (χ4n) is 4.62. The summed E-state index contributed by atoms with van der Waals surface area (Å²) >= 11 is 0. The molecule has 36 heavy (non-hydrogen) atoms. The molecule has 8 nitrogen and oxygen atoms in total. The van der Waals surface area contributed by atoms with E-state index in [4.69, 9.17) is 10.2 Å². The molecular formula is C26H35FN6O2S. The van der Waals surface area contributed by atoms with Crippen molar-refractivity contribution in [2.45, 2.75) is 88.5 Å². The maximum absolute atomic E-state index is 14.7. The Morgan fingerprint density at radius 2 is 1.69 bits per heavy atom. The molecule has 1 aromatic carbocycles. The lowest BCUT2D eigenvalue weighted by Gasteiger charge is -2.23. The molecule has 3 N–H and O–H groups in total. The van der Waals surface area contributed by atoms with E-state index in [1.54, 1.807) is 0 Å². The molecule has 0 radical (unpaired) electrons. The van der Waals surface area contributed by atoms with Crippen LogP contribution in [0.1, 0.15) is 89.6 Å². The van der Waals surface area contributed by atoms with E-state index < -0.39 is 15.8 Å². The van der Waals surface area contributed by atoms with E-state index in [-0.39, 0.29) is 27.5 Å². The molecule has 4 rings (SSSR count). The number of hydrogen-bond acceptors (Lipinski definition) is 6. The van der Waals surface area contributed by atoms with Crippen molar-refractivity contribution in [2.24, 2.45) is 5.14 Å². The predicted molar refractivity (Wildman–Crippen MR) is 138 cm³/mol. The highest BCUT2D eigenvalue weighted by Crippen LogP contribution is 2.44. The molecular weight excluding hydrogens is 479 g/mol. The molecule has 2 heterocycles. The molecule has 0 amide bonds. The van der Waals surface area contributed by atoms with Gasteiger partial charge in [-0.3, -0.25) is 0 Å². The number of nitrogens with two attached hydrogens (primary N) is 1. The van der Waals surface area contributed by atoms with Crippen molar-refractivity contribution < 1.29 is 12.8 Å². The van der Waals surface area contributed by atoms with E-state index in [0.29, 0.717) is 11.7 Å². The number of nitrogens with zero attached hydrogens (tertiary/aromatic N) is 4. The first-order chi connectivity index (χ1) is 16.6. The molecule has 1 saturated carbocycles. The zero-order valence-electron chi connectivity index (χ0n) is 21.7. The monoisotopic (exact) mass is 514 g/mol. The summed E-state index contributed by atoms with van der Waals surface area (Å²) in [5, 5.41) is 21.8. The topological polar surface area (TPSA) is 116 Å². The Balaban J connectivity index is 1.60. The van der Waals surface area contributed by atoms with Gasteiger partial charge in [0.15, 0.2) is 0 Å². The standard InChI is InChI=1S/C26H35FN6O2S/c1-25(2,3)18-12-22(31-29-15-18)16-7-8-17(11-16)23-14-24(33(32-23)26(4,5)6)30-21-10-9-19(13-20(21)27)36(28,34)35/h9-10,12-17,30H,7-8,11H2,1-6H3,(H2,28,34,35). The third-order valence-electron chi connectivity index (χ3n) is 6.70. The lowest BCUT2D eigenvalue weighted by molar-refractivity contribution is 0.356. The minimum absolute atomic E-state index is 0.0105. The van der Waals surface area contributed by atoms with E-state index in [9.17, 15) is 12.8 Å². The second kappa shape index (κ2) is 9.23. The Kier molecular flexibility index (Phi) is 6.72. The van der Waals surface area contributed by atoms with E-state index in [1.807, 2.05) is 37.7 Å². The largest absolute Gasteiger partial charge is 0.338 e. The van der Waals surface area contributed by atoms with Gasteiger partial charge in [-0.2, -0.15) is 15.3 Å². The zero-order valence-corrected chi connectivity index (χ0v) is 22.5. The molecule has 2 unspecified atom stereocenters. The number of primary sulfonamides is 1. The summed E-state index contributed by atoms with van der Waals surface area (Å²) in [6.45, 7) is 12.6. The molecule has 0 saturated heterocycles. The first kappa shape index (κ1) is 26.2. The summed E-state index contributed by atoms with van der Waals surface area (Å²) in [6, 6.07) is 7.72. The molecule has 194 valence electrons. The Bertz CT molecular complexity index is 1370. The van der Waals surface area contributed by atoms with Crippen LogP contribution in [0.4, 0.5) is 15.9 Å². The van der Waals surface area contributed by atoms with Crippen molar-refractivity contribution in [3.05, 3.63) is 59.3 Å². The van der Waals surface area contributed by atoms with Crippen molar-refractivity contribution in [3.8, 4) is 0 Å². The summed E-state index contributed by atoms with van der Waals surface area (Å²) < 4.78 is 39.7. The summed E-state index contributed by atoms with van der Waals surface area (Å²) in [5.41, 5.74) is 2.94. The molecule has 1 aliphatic carbocycles. The van der Waals surface area contributed by atoms with E-state index in [0.717, 1.165) is 36.7 Å². The van der Waals surface area contributed by atoms with Crippen molar-refractivity contribution in [1.82, 2.24) is 20.0 Å². The number of hydrogen-bond donors (Lipinski definition) is 2. The van der Waals surface area contributed by atoms with Gasteiger partial charge in [0.1, 0.15) is 11.6 Å². The number of sulfonamides is 1. The Morgan fingerprint density at radius 1 is 1.03 bits per heavy atom. The van der Waals surface area contributed by atoms with Gasteiger partial charge >= 0.3 is 0 Å². The summed E-state index contributed by atoms with van der Waals surface area (Å²) in [7, 11) is -3.99. The number of aromatic nitrogens is 4. The molecule has 2 atom stereocenters. The van der Waals surface area contributed by atoms with Crippen molar-refractivity contribution in [2.75, 3.05) is 5.32 Å². The average Bonchev–Trinajstić information content (AvgIpc) is 3.41. The van der Waals surface area contributed by atoms with Crippen LogP contribution >= 0.6 is 0 Å². The minimum Gasteiger partial charge on any atom is -0.338 e. The lowest BCUT2D eigenvalue weighted by atomic mass is 9.87. The molecule has 2 aromatic heterocycles. The first-order valence-corrected chi connectivity index (χ1v) is 13.7. The fourth-order valence-corrected chi connectivity index (χ4v) is 5.15. The van der Waals surface area contributed by atoms with Crippen molar-refractivity contribution in [1.29, 1.82) is 0 Å². The van der Waals surface area contributed by atoms with Crippen LogP contribution in [0.15, 0.2) is 41.4 Å². The van der Waals surface area contributed by atoms with Gasteiger partial charge in [0, 0.05) is 17.9 Å². The number of anilines is 2. The molecule has 0 bridgehead atoms. The maximum Gasteiger partial charge on any atom is 0.238 e. The normalized spacial score (nSPS) is 19.0. The van der Waals surface area contributed by atoms with Gasteiger partial charge in [-0.1, -0.05) is 20.8 Å². The number of benzene rings is 1. The number of nitrogens with one attached hydrogen (secondary N) is 1. The smallest absolute Gasteiger partial charge is 0.238 e. The minimum atomic E-state index is -3.99. The van der Waals surface area contributed by atoms with E-state index >= 15 is 0 Å². The molecule has 1 aliphatic rings. The van der Waals surface area contributed by atoms with Gasteiger partial charge in [-0.15, -0.1) is 0 Å². The third-order valence-corrected chi connectivity index (χ3v) is 7.62. The van der Waals surface area contributed by atoms with E-state index in [1.165, 1.54) is 17.7 Å².